The fraction of sp³-hybridized carbons (Fsp3) is 0.300. The third kappa shape index (κ3) is 3.16. The number of nitriles is 1. The van der Waals surface area contributed by atoms with Gasteiger partial charge in [-0.2, -0.15) is 5.26 Å². The third-order valence-electron chi connectivity index (χ3n) is 2.01. The van der Waals surface area contributed by atoms with Crippen LogP contribution in [0.2, 0.25) is 5.15 Å². The van der Waals surface area contributed by atoms with Crippen LogP contribution in [-0.2, 0) is 6.42 Å². The van der Waals surface area contributed by atoms with E-state index in [1.807, 2.05) is 18.4 Å². The molecule has 0 aliphatic rings. The molecule has 0 saturated heterocycles. The number of thiazole rings is 2. The van der Waals surface area contributed by atoms with E-state index in [4.69, 9.17) is 16.9 Å². The van der Waals surface area contributed by atoms with Crippen LogP contribution in [0.5, 0.6) is 0 Å². The average molecular weight is 285 g/mol. The zero-order valence-corrected chi connectivity index (χ0v) is 11.4. The maximum atomic E-state index is 8.74. The zero-order valence-electron chi connectivity index (χ0n) is 9.03. The summed E-state index contributed by atoms with van der Waals surface area (Å²) in [5.41, 5.74) is 1.07. The Bertz CT molecular complexity index is 555. The Balaban J connectivity index is 1.88. The molecule has 0 spiro atoms. The van der Waals surface area contributed by atoms with Crippen LogP contribution in [0.25, 0.3) is 0 Å². The highest BCUT2D eigenvalue weighted by atomic mass is 35.5. The summed E-state index contributed by atoms with van der Waals surface area (Å²) < 4.78 is 0. The highest BCUT2D eigenvalue weighted by Crippen LogP contribution is 2.25. The molecule has 88 valence electrons. The van der Waals surface area contributed by atoms with E-state index in [0.29, 0.717) is 10.0 Å². The molecule has 0 bridgehead atoms. The fourth-order valence-corrected chi connectivity index (χ4v) is 2.89. The van der Waals surface area contributed by atoms with Crippen molar-refractivity contribution in [3.63, 3.8) is 0 Å². The first-order valence-corrected chi connectivity index (χ1v) is 6.97. The lowest BCUT2D eigenvalue weighted by Crippen LogP contribution is -2.04. The Morgan fingerprint density at radius 1 is 1.53 bits per heavy atom. The number of aryl methyl sites for hydroxylation is 1. The van der Waals surface area contributed by atoms with E-state index < -0.39 is 0 Å². The molecule has 0 aliphatic heterocycles. The number of hydrogen-bond acceptors (Lipinski definition) is 6. The van der Waals surface area contributed by atoms with Gasteiger partial charge in [0.05, 0.1) is 10.7 Å². The smallest absolute Gasteiger partial charge is 0.185 e. The maximum Gasteiger partial charge on any atom is 0.185 e. The summed E-state index contributed by atoms with van der Waals surface area (Å²) in [6, 6.07) is 2.00. The molecule has 2 heterocycles. The van der Waals surface area contributed by atoms with E-state index in [2.05, 4.69) is 15.3 Å². The van der Waals surface area contributed by atoms with E-state index in [1.54, 1.807) is 11.3 Å². The summed E-state index contributed by atoms with van der Waals surface area (Å²) >= 11 is 8.68. The third-order valence-corrected chi connectivity index (χ3v) is 4.14. The van der Waals surface area contributed by atoms with Crippen molar-refractivity contribution in [2.24, 2.45) is 0 Å². The standard InChI is InChI=1S/C10H9ClN4S2/c1-6-14-7(5-16-6)2-3-13-10-15-9(11)8(4-12)17-10/h5H,2-3H2,1H3,(H,13,15). The topological polar surface area (TPSA) is 61.6 Å². The minimum absolute atomic E-state index is 0.268. The van der Waals surface area contributed by atoms with Crippen LogP contribution in [0.15, 0.2) is 5.38 Å². The highest BCUT2D eigenvalue weighted by Gasteiger charge is 2.08. The molecule has 0 aliphatic carbocycles. The summed E-state index contributed by atoms with van der Waals surface area (Å²) in [7, 11) is 0. The van der Waals surface area contributed by atoms with Crippen LogP contribution in [0.1, 0.15) is 15.6 Å². The lowest BCUT2D eigenvalue weighted by Gasteiger charge is -1.99. The van der Waals surface area contributed by atoms with Gasteiger partial charge in [-0.1, -0.05) is 22.9 Å². The van der Waals surface area contributed by atoms with Gasteiger partial charge in [-0.05, 0) is 6.92 Å². The second kappa shape index (κ2) is 5.45. The molecule has 0 fully saturated rings. The molecule has 2 aromatic rings. The van der Waals surface area contributed by atoms with Gasteiger partial charge < -0.3 is 5.32 Å². The number of rotatable bonds is 4. The molecule has 0 aromatic carbocycles. The molecule has 0 radical (unpaired) electrons. The van der Waals surface area contributed by atoms with Gasteiger partial charge in [-0.15, -0.1) is 11.3 Å². The van der Waals surface area contributed by atoms with Gasteiger partial charge >= 0.3 is 0 Å². The van der Waals surface area contributed by atoms with Crippen molar-refractivity contribution >= 4 is 39.4 Å². The Morgan fingerprint density at radius 2 is 2.35 bits per heavy atom. The fourth-order valence-electron chi connectivity index (χ4n) is 1.27. The molecule has 17 heavy (non-hydrogen) atoms. The van der Waals surface area contributed by atoms with Crippen molar-refractivity contribution in [1.82, 2.24) is 9.97 Å². The molecule has 0 atom stereocenters. The molecule has 2 rings (SSSR count). The van der Waals surface area contributed by atoms with Gasteiger partial charge in [0.2, 0.25) is 0 Å². The van der Waals surface area contributed by atoms with E-state index >= 15 is 0 Å². The molecule has 4 nitrogen and oxygen atoms in total. The summed E-state index contributed by atoms with van der Waals surface area (Å²) in [6.45, 7) is 2.72. The summed E-state index contributed by atoms with van der Waals surface area (Å²) in [5.74, 6) is 0. The number of hydrogen-bond donors (Lipinski definition) is 1. The van der Waals surface area contributed by atoms with E-state index in [9.17, 15) is 0 Å². The highest BCUT2D eigenvalue weighted by molar-refractivity contribution is 7.16. The number of anilines is 1. The van der Waals surface area contributed by atoms with E-state index in [1.165, 1.54) is 11.3 Å². The summed E-state index contributed by atoms with van der Waals surface area (Å²) in [5, 5.41) is 15.9. The quantitative estimate of drug-likeness (QED) is 0.937. The first kappa shape index (κ1) is 12.3. The summed E-state index contributed by atoms with van der Waals surface area (Å²) in [4.78, 5) is 8.86. The van der Waals surface area contributed by atoms with Gasteiger partial charge in [-0.3, -0.25) is 0 Å². The van der Waals surface area contributed by atoms with Crippen molar-refractivity contribution < 1.29 is 0 Å². The second-order valence-corrected chi connectivity index (χ2v) is 5.70. The van der Waals surface area contributed by atoms with Crippen molar-refractivity contribution in [2.45, 2.75) is 13.3 Å². The molecular weight excluding hydrogens is 276 g/mol. The minimum Gasteiger partial charge on any atom is -0.361 e. The Kier molecular flexibility index (Phi) is 3.94. The van der Waals surface area contributed by atoms with E-state index in [0.717, 1.165) is 23.7 Å². The molecule has 7 heteroatoms. The zero-order chi connectivity index (χ0) is 12.3. The summed E-state index contributed by atoms with van der Waals surface area (Å²) in [6.07, 6.45) is 0.837. The Hall–Kier alpha value is -1.16. The van der Waals surface area contributed by atoms with Crippen LogP contribution in [0, 0.1) is 18.3 Å². The SMILES string of the molecule is Cc1nc(CCNc2nc(Cl)c(C#N)s2)cs1. The van der Waals surface area contributed by atoms with Crippen molar-refractivity contribution in [2.75, 3.05) is 11.9 Å². The molecular formula is C10H9ClN4S2. The largest absolute Gasteiger partial charge is 0.361 e. The van der Waals surface area contributed by atoms with Gasteiger partial charge in [0, 0.05) is 18.3 Å². The number of nitrogens with zero attached hydrogens (tertiary/aromatic N) is 3. The Morgan fingerprint density at radius 3 is 2.94 bits per heavy atom. The number of aromatic nitrogens is 2. The van der Waals surface area contributed by atoms with Crippen molar-refractivity contribution in [3.8, 4) is 6.07 Å². The number of halogens is 1. The maximum absolute atomic E-state index is 8.74. The van der Waals surface area contributed by atoms with Crippen molar-refractivity contribution in [1.29, 1.82) is 5.26 Å². The monoisotopic (exact) mass is 284 g/mol. The predicted octanol–water partition coefficient (Wildman–Crippen LogP) is 3.09. The van der Waals surface area contributed by atoms with Gasteiger partial charge in [0.1, 0.15) is 10.9 Å². The van der Waals surface area contributed by atoms with Crippen LogP contribution in [0.4, 0.5) is 5.13 Å². The van der Waals surface area contributed by atoms with Crippen molar-refractivity contribution in [3.05, 3.63) is 26.1 Å². The lowest BCUT2D eigenvalue weighted by molar-refractivity contribution is 0.966. The first-order chi connectivity index (χ1) is 8.19. The average Bonchev–Trinajstić information content (AvgIpc) is 2.85. The molecule has 0 unspecified atom stereocenters. The number of nitrogens with one attached hydrogen (secondary N) is 1. The lowest BCUT2D eigenvalue weighted by atomic mass is 10.3. The predicted molar refractivity (Wildman–Crippen MR) is 70.9 cm³/mol. The Labute approximate surface area is 112 Å². The van der Waals surface area contributed by atoms with Crippen LogP contribution in [0.3, 0.4) is 0 Å². The van der Waals surface area contributed by atoms with Gasteiger partial charge in [0.25, 0.3) is 0 Å². The normalized spacial score (nSPS) is 10.2. The van der Waals surface area contributed by atoms with E-state index in [-0.39, 0.29) is 5.15 Å². The van der Waals surface area contributed by atoms with Crippen LogP contribution < -0.4 is 5.32 Å². The first-order valence-electron chi connectivity index (χ1n) is 4.90. The van der Waals surface area contributed by atoms with Crippen LogP contribution >= 0.6 is 34.3 Å². The molecule has 0 saturated carbocycles. The van der Waals surface area contributed by atoms with Gasteiger partial charge in [0.15, 0.2) is 10.3 Å². The minimum atomic E-state index is 0.268. The molecule has 1 N–H and O–H groups in total. The van der Waals surface area contributed by atoms with Crippen LogP contribution in [-0.4, -0.2) is 16.5 Å². The van der Waals surface area contributed by atoms with Gasteiger partial charge in [-0.25, -0.2) is 9.97 Å². The molecule has 2 aromatic heterocycles. The molecule has 0 amide bonds. The second-order valence-electron chi connectivity index (χ2n) is 3.29.